The Kier molecular flexibility index (Phi) is 4.43. The number of hydrogen-bond donors (Lipinski definition) is 1. The van der Waals surface area contributed by atoms with Gasteiger partial charge in [-0.2, -0.15) is 0 Å². The highest BCUT2D eigenvalue weighted by Crippen LogP contribution is 2.40. The second-order valence-corrected chi connectivity index (χ2v) is 7.30. The van der Waals surface area contributed by atoms with E-state index in [0.717, 1.165) is 24.0 Å². The van der Waals surface area contributed by atoms with E-state index in [9.17, 15) is 4.79 Å². The molecule has 1 aromatic carbocycles. The van der Waals surface area contributed by atoms with Crippen LogP contribution in [0.4, 0.5) is 4.79 Å². The van der Waals surface area contributed by atoms with Crippen LogP contribution in [0.5, 0.6) is 0 Å². The Hall–Kier alpha value is -2.36. The second kappa shape index (κ2) is 6.87. The van der Waals surface area contributed by atoms with E-state index < -0.39 is 0 Å². The van der Waals surface area contributed by atoms with E-state index in [2.05, 4.69) is 34.3 Å². The Labute approximate surface area is 149 Å². The summed E-state index contributed by atoms with van der Waals surface area (Å²) in [6, 6.07) is 14.7. The van der Waals surface area contributed by atoms with Gasteiger partial charge in [-0.05, 0) is 55.7 Å². The van der Waals surface area contributed by atoms with Crippen LogP contribution >= 0.6 is 0 Å². The molecule has 2 aliphatic rings. The van der Waals surface area contributed by atoms with Crippen molar-refractivity contribution in [1.29, 1.82) is 0 Å². The predicted octanol–water partition coefficient (Wildman–Crippen LogP) is 4.14. The zero-order valence-corrected chi connectivity index (χ0v) is 14.6. The summed E-state index contributed by atoms with van der Waals surface area (Å²) in [6.07, 6.45) is 8.37. The third-order valence-electron chi connectivity index (χ3n) is 5.34. The number of pyridine rings is 1. The number of nitrogens with zero attached hydrogens (tertiary/aromatic N) is 2. The van der Waals surface area contributed by atoms with Crippen LogP contribution in [0.1, 0.15) is 49.8 Å². The van der Waals surface area contributed by atoms with Gasteiger partial charge in [-0.3, -0.25) is 4.98 Å². The van der Waals surface area contributed by atoms with Crippen molar-refractivity contribution in [2.75, 3.05) is 0 Å². The smallest absolute Gasteiger partial charge is 0.318 e. The van der Waals surface area contributed by atoms with Crippen LogP contribution < -0.4 is 5.32 Å². The predicted molar refractivity (Wildman–Crippen MR) is 98.1 cm³/mol. The summed E-state index contributed by atoms with van der Waals surface area (Å²) in [5, 5.41) is 3.28. The van der Waals surface area contributed by atoms with Crippen molar-refractivity contribution in [3.8, 4) is 0 Å². The van der Waals surface area contributed by atoms with E-state index in [1.165, 1.54) is 12.8 Å². The zero-order valence-electron chi connectivity index (χ0n) is 14.6. The highest BCUT2D eigenvalue weighted by molar-refractivity contribution is 5.76. The molecule has 2 aliphatic carbocycles. The van der Waals surface area contributed by atoms with E-state index in [1.807, 2.05) is 36.5 Å². The number of aromatic nitrogens is 1. The Bertz CT molecular complexity index is 671. The van der Waals surface area contributed by atoms with Crippen molar-refractivity contribution in [3.63, 3.8) is 0 Å². The normalized spacial score (nSPS) is 19.1. The molecule has 130 valence electrons. The summed E-state index contributed by atoms with van der Waals surface area (Å²) in [5.74, 6) is 0.680. The molecule has 2 saturated carbocycles. The van der Waals surface area contributed by atoms with Gasteiger partial charge in [-0.1, -0.05) is 36.4 Å². The summed E-state index contributed by atoms with van der Waals surface area (Å²) >= 11 is 0. The van der Waals surface area contributed by atoms with Crippen LogP contribution in [0.3, 0.4) is 0 Å². The lowest BCUT2D eigenvalue weighted by molar-refractivity contribution is 0.165. The highest BCUT2D eigenvalue weighted by atomic mass is 16.2. The maximum absolute atomic E-state index is 13.1. The van der Waals surface area contributed by atoms with Gasteiger partial charge in [0.15, 0.2) is 0 Å². The van der Waals surface area contributed by atoms with Crippen molar-refractivity contribution in [2.24, 2.45) is 5.92 Å². The van der Waals surface area contributed by atoms with Crippen LogP contribution in [0.2, 0.25) is 0 Å². The van der Waals surface area contributed by atoms with Crippen molar-refractivity contribution in [2.45, 2.75) is 50.7 Å². The lowest BCUT2D eigenvalue weighted by Gasteiger charge is -2.32. The van der Waals surface area contributed by atoms with E-state index in [-0.39, 0.29) is 12.1 Å². The average Bonchev–Trinajstić information content (AvgIpc) is 3.54. The molecule has 0 spiro atoms. The SMILES string of the molecule is C[C@H](C1CC1)N(C(=O)N[C@@H](c1ccccc1)c1cccnc1)C1CC1. The number of urea groups is 1. The number of rotatable bonds is 6. The minimum atomic E-state index is -0.171. The van der Waals surface area contributed by atoms with Gasteiger partial charge in [-0.25, -0.2) is 4.79 Å². The Balaban J connectivity index is 1.58. The Morgan fingerprint density at radius 1 is 1.08 bits per heavy atom. The molecule has 0 saturated heterocycles. The molecular weight excluding hydrogens is 310 g/mol. The zero-order chi connectivity index (χ0) is 17.2. The second-order valence-electron chi connectivity index (χ2n) is 7.30. The molecule has 0 bridgehead atoms. The van der Waals surface area contributed by atoms with Gasteiger partial charge >= 0.3 is 6.03 Å². The first-order chi connectivity index (χ1) is 12.2. The molecular formula is C21H25N3O. The third-order valence-corrected chi connectivity index (χ3v) is 5.34. The van der Waals surface area contributed by atoms with Gasteiger partial charge in [-0.15, -0.1) is 0 Å². The molecule has 0 aliphatic heterocycles. The minimum Gasteiger partial charge on any atom is -0.327 e. The summed E-state index contributed by atoms with van der Waals surface area (Å²) < 4.78 is 0. The van der Waals surface area contributed by atoms with Crippen molar-refractivity contribution in [3.05, 3.63) is 66.0 Å². The van der Waals surface area contributed by atoms with Gasteiger partial charge in [0.25, 0.3) is 0 Å². The van der Waals surface area contributed by atoms with Crippen LogP contribution in [-0.4, -0.2) is 28.0 Å². The van der Waals surface area contributed by atoms with Gasteiger partial charge in [0, 0.05) is 24.5 Å². The standard InChI is InChI=1S/C21H25N3O/c1-15(16-9-10-16)24(19-11-12-19)21(25)23-20(17-6-3-2-4-7-17)18-8-5-13-22-14-18/h2-8,13-16,19-20H,9-12H2,1H3,(H,23,25)/t15-,20+/m1/s1. The number of amides is 2. The van der Waals surface area contributed by atoms with Crippen LogP contribution in [0, 0.1) is 5.92 Å². The monoisotopic (exact) mass is 335 g/mol. The largest absolute Gasteiger partial charge is 0.327 e. The van der Waals surface area contributed by atoms with E-state index >= 15 is 0 Å². The summed E-state index contributed by atoms with van der Waals surface area (Å²) in [7, 11) is 0. The fraction of sp³-hybridized carbons (Fsp3) is 0.429. The van der Waals surface area contributed by atoms with E-state index in [1.54, 1.807) is 6.20 Å². The molecule has 4 nitrogen and oxygen atoms in total. The minimum absolute atomic E-state index is 0.0552. The van der Waals surface area contributed by atoms with E-state index in [0.29, 0.717) is 18.0 Å². The quantitative estimate of drug-likeness (QED) is 0.862. The van der Waals surface area contributed by atoms with Crippen molar-refractivity contribution >= 4 is 6.03 Å². The molecule has 2 fully saturated rings. The fourth-order valence-corrected chi connectivity index (χ4v) is 3.59. The topological polar surface area (TPSA) is 45.2 Å². The van der Waals surface area contributed by atoms with Crippen molar-refractivity contribution in [1.82, 2.24) is 15.2 Å². The first kappa shape index (κ1) is 16.1. The Morgan fingerprint density at radius 3 is 2.40 bits per heavy atom. The van der Waals surface area contributed by atoms with Crippen LogP contribution in [0.25, 0.3) is 0 Å². The fourth-order valence-electron chi connectivity index (χ4n) is 3.59. The number of hydrogen-bond acceptors (Lipinski definition) is 2. The van der Waals surface area contributed by atoms with Gasteiger partial charge in [0.1, 0.15) is 0 Å². The van der Waals surface area contributed by atoms with Crippen LogP contribution in [-0.2, 0) is 0 Å². The summed E-state index contributed by atoms with van der Waals surface area (Å²) in [5.41, 5.74) is 2.09. The molecule has 0 radical (unpaired) electrons. The molecule has 1 N–H and O–H groups in total. The first-order valence-electron chi connectivity index (χ1n) is 9.27. The van der Waals surface area contributed by atoms with Crippen LogP contribution in [0.15, 0.2) is 54.9 Å². The van der Waals surface area contributed by atoms with Crippen molar-refractivity contribution < 1.29 is 4.79 Å². The maximum atomic E-state index is 13.1. The number of carbonyl (C=O) groups excluding carboxylic acids is 1. The molecule has 1 heterocycles. The molecule has 25 heavy (non-hydrogen) atoms. The summed E-state index contributed by atoms with van der Waals surface area (Å²) in [6.45, 7) is 2.21. The molecule has 0 unspecified atom stereocenters. The molecule has 2 atom stereocenters. The highest BCUT2D eigenvalue weighted by Gasteiger charge is 2.42. The van der Waals surface area contributed by atoms with Gasteiger partial charge in [0.2, 0.25) is 0 Å². The van der Waals surface area contributed by atoms with E-state index in [4.69, 9.17) is 0 Å². The number of nitrogens with one attached hydrogen (secondary N) is 1. The van der Waals surface area contributed by atoms with Gasteiger partial charge in [0.05, 0.1) is 6.04 Å². The van der Waals surface area contributed by atoms with Gasteiger partial charge < -0.3 is 10.2 Å². The third kappa shape index (κ3) is 3.68. The lowest BCUT2D eigenvalue weighted by atomic mass is 10.0. The molecule has 4 heteroatoms. The molecule has 4 rings (SSSR count). The summed E-state index contributed by atoms with van der Waals surface area (Å²) in [4.78, 5) is 19.5. The first-order valence-corrected chi connectivity index (χ1v) is 9.27. The molecule has 2 amide bonds. The average molecular weight is 335 g/mol. The number of benzene rings is 1. The number of carbonyl (C=O) groups is 1. The molecule has 2 aromatic rings. The molecule has 1 aromatic heterocycles. The lowest BCUT2D eigenvalue weighted by Crippen LogP contribution is -2.48. The maximum Gasteiger partial charge on any atom is 0.318 e. The Morgan fingerprint density at radius 2 is 1.80 bits per heavy atom.